The summed E-state index contributed by atoms with van der Waals surface area (Å²) in [6.45, 7) is 3.43. The summed E-state index contributed by atoms with van der Waals surface area (Å²) >= 11 is 0. The van der Waals surface area contributed by atoms with E-state index in [1.807, 2.05) is 25.1 Å². The lowest BCUT2D eigenvalue weighted by atomic mass is 9.92. The number of aromatic nitrogens is 3. The van der Waals surface area contributed by atoms with Crippen molar-refractivity contribution < 1.29 is 9.90 Å². The Morgan fingerprint density at radius 3 is 2.88 bits per heavy atom. The van der Waals surface area contributed by atoms with Crippen LogP contribution in [0.3, 0.4) is 0 Å². The summed E-state index contributed by atoms with van der Waals surface area (Å²) in [6.07, 6.45) is 5.00. The number of amides is 1. The maximum atomic E-state index is 12.7. The summed E-state index contributed by atoms with van der Waals surface area (Å²) in [5.41, 5.74) is 0.326. The number of β-amino-alcohol motifs (C(OH)–C–C–N with tert-alkyl or cyclic N) is 1. The molecule has 7 heteroatoms. The minimum atomic E-state index is -0.948. The Balaban J connectivity index is 1.70. The number of nitrogens with zero attached hydrogens (tertiary/aromatic N) is 5. The van der Waals surface area contributed by atoms with Gasteiger partial charge in [-0.05, 0) is 31.9 Å². The summed E-state index contributed by atoms with van der Waals surface area (Å²) in [5.74, 6) is 0.742. The lowest BCUT2D eigenvalue weighted by Gasteiger charge is -2.41. The molecule has 3 heterocycles. The molecule has 1 aliphatic heterocycles. The van der Waals surface area contributed by atoms with Crippen molar-refractivity contribution in [3.8, 4) is 0 Å². The molecule has 0 aromatic carbocycles. The van der Waals surface area contributed by atoms with Crippen molar-refractivity contribution in [3.05, 3.63) is 41.9 Å². The number of aliphatic hydroxyl groups is 1. The lowest BCUT2D eigenvalue weighted by Crippen LogP contribution is -2.54. The predicted molar refractivity (Wildman–Crippen MR) is 95.5 cm³/mol. The normalized spacial score (nSPS) is 20.6. The van der Waals surface area contributed by atoms with E-state index in [0.717, 1.165) is 18.8 Å². The van der Waals surface area contributed by atoms with Gasteiger partial charge in [-0.25, -0.2) is 4.98 Å². The molecule has 0 bridgehead atoms. The molecular weight excluding hydrogens is 318 g/mol. The molecule has 1 aliphatic rings. The lowest BCUT2D eigenvalue weighted by molar-refractivity contribution is -0.000156. The van der Waals surface area contributed by atoms with Gasteiger partial charge in [0.15, 0.2) is 0 Å². The number of rotatable bonds is 4. The van der Waals surface area contributed by atoms with Crippen LogP contribution in [0.2, 0.25) is 0 Å². The zero-order valence-electron chi connectivity index (χ0n) is 15.0. The van der Waals surface area contributed by atoms with E-state index in [-0.39, 0.29) is 12.5 Å². The molecule has 2 aromatic heterocycles. The number of pyridine rings is 1. The van der Waals surface area contributed by atoms with Gasteiger partial charge in [0.25, 0.3) is 5.91 Å². The molecule has 0 aliphatic carbocycles. The Morgan fingerprint density at radius 1 is 1.44 bits per heavy atom. The largest absolute Gasteiger partial charge is 0.386 e. The number of likely N-dealkylation sites (N-methyl/N-ethyl adjacent to an activating group) is 1. The maximum Gasteiger partial charge on any atom is 0.257 e. The molecule has 2 aromatic rings. The summed E-state index contributed by atoms with van der Waals surface area (Å²) in [4.78, 5) is 20.7. The van der Waals surface area contributed by atoms with Crippen LogP contribution in [0.25, 0.3) is 0 Å². The Labute approximate surface area is 147 Å². The quantitative estimate of drug-likeness (QED) is 0.904. The highest BCUT2D eigenvalue weighted by atomic mass is 16.3. The summed E-state index contributed by atoms with van der Waals surface area (Å²) in [5, 5.41) is 15.3. The van der Waals surface area contributed by atoms with Crippen molar-refractivity contribution in [1.29, 1.82) is 0 Å². The van der Waals surface area contributed by atoms with E-state index in [2.05, 4.69) is 15.0 Å². The van der Waals surface area contributed by atoms with Gasteiger partial charge < -0.3 is 14.9 Å². The second-order valence-electron chi connectivity index (χ2n) is 6.90. The first-order valence-electron chi connectivity index (χ1n) is 8.52. The molecule has 1 amide bonds. The van der Waals surface area contributed by atoms with Crippen LogP contribution in [0.1, 0.15) is 28.9 Å². The fourth-order valence-corrected chi connectivity index (χ4v) is 3.51. The van der Waals surface area contributed by atoms with Crippen LogP contribution >= 0.6 is 0 Å². The van der Waals surface area contributed by atoms with Crippen molar-refractivity contribution in [2.24, 2.45) is 7.05 Å². The predicted octanol–water partition coefficient (Wildman–Crippen LogP) is 1.23. The summed E-state index contributed by atoms with van der Waals surface area (Å²) < 4.78 is 1.63. The first-order valence-corrected chi connectivity index (χ1v) is 8.52. The average Bonchev–Trinajstić information content (AvgIpc) is 2.93. The molecule has 25 heavy (non-hydrogen) atoms. The average molecular weight is 343 g/mol. The third-order valence-electron chi connectivity index (χ3n) is 4.65. The molecule has 0 unspecified atom stereocenters. The number of piperidine rings is 1. The first kappa shape index (κ1) is 17.4. The number of carbonyl (C=O) groups excluding carboxylic acids is 1. The van der Waals surface area contributed by atoms with Crippen LogP contribution in [0.15, 0.2) is 30.6 Å². The highest BCUT2D eigenvalue weighted by Gasteiger charge is 2.36. The van der Waals surface area contributed by atoms with E-state index in [1.165, 1.54) is 0 Å². The van der Waals surface area contributed by atoms with Crippen molar-refractivity contribution in [1.82, 2.24) is 19.7 Å². The first-order chi connectivity index (χ1) is 11.9. The smallest absolute Gasteiger partial charge is 0.257 e. The maximum absolute atomic E-state index is 12.7. The van der Waals surface area contributed by atoms with Gasteiger partial charge in [-0.15, -0.1) is 0 Å². The molecule has 0 radical (unpaired) electrons. The third kappa shape index (κ3) is 3.82. The van der Waals surface area contributed by atoms with Gasteiger partial charge in [0.2, 0.25) is 0 Å². The highest BCUT2D eigenvalue weighted by molar-refractivity contribution is 5.94. The zero-order valence-corrected chi connectivity index (χ0v) is 15.0. The Hall–Kier alpha value is -2.41. The van der Waals surface area contributed by atoms with Crippen molar-refractivity contribution >= 4 is 11.7 Å². The van der Waals surface area contributed by atoms with Gasteiger partial charge >= 0.3 is 0 Å². The second kappa shape index (κ2) is 6.84. The van der Waals surface area contributed by atoms with Crippen LogP contribution in [0.4, 0.5) is 5.82 Å². The molecule has 0 saturated carbocycles. The van der Waals surface area contributed by atoms with E-state index < -0.39 is 5.60 Å². The van der Waals surface area contributed by atoms with Crippen LogP contribution in [-0.2, 0) is 7.05 Å². The molecule has 1 saturated heterocycles. The standard InChI is InChI=1S/C18H25N5O2/c1-14-15(11-22(3)20-14)17(24)21(2)12-18(25)8-6-10-23(13-18)16-7-4-5-9-19-16/h4-5,7,9,11,25H,6,8,10,12-13H2,1-3H3/t18-/m0/s1. The Kier molecular flexibility index (Phi) is 4.76. The SMILES string of the molecule is Cc1nn(C)cc1C(=O)N(C)C[C@@]1(O)CCCN(c2ccccn2)C1. The monoisotopic (exact) mass is 343 g/mol. The molecule has 1 fully saturated rings. The van der Waals surface area contributed by atoms with Crippen LogP contribution in [0, 0.1) is 6.92 Å². The van der Waals surface area contributed by atoms with Crippen molar-refractivity contribution in [2.45, 2.75) is 25.4 Å². The Bertz CT molecular complexity index is 745. The zero-order chi connectivity index (χ0) is 18.0. The molecule has 3 rings (SSSR count). The highest BCUT2D eigenvalue weighted by Crippen LogP contribution is 2.26. The minimum Gasteiger partial charge on any atom is -0.386 e. The van der Waals surface area contributed by atoms with Gasteiger partial charge in [0.05, 0.1) is 23.4 Å². The Morgan fingerprint density at radius 2 is 2.24 bits per heavy atom. The van der Waals surface area contributed by atoms with Gasteiger partial charge in [-0.2, -0.15) is 5.10 Å². The molecular formula is C18H25N5O2. The van der Waals surface area contributed by atoms with Gasteiger partial charge in [-0.1, -0.05) is 6.07 Å². The van der Waals surface area contributed by atoms with Gasteiger partial charge in [0, 0.05) is 39.6 Å². The van der Waals surface area contributed by atoms with E-state index in [9.17, 15) is 9.90 Å². The van der Waals surface area contributed by atoms with Crippen molar-refractivity contribution in [2.75, 3.05) is 31.6 Å². The molecule has 134 valence electrons. The number of hydrogen-bond acceptors (Lipinski definition) is 5. The van der Waals surface area contributed by atoms with E-state index in [1.54, 1.807) is 36.1 Å². The number of hydrogen-bond donors (Lipinski definition) is 1. The van der Waals surface area contributed by atoms with Crippen LogP contribution in [-0.4, -0.2) is 63.0 Å². The fraction of sp³-hybridized carbons (Fsp3) is 0.500. The minimum absolute atomic E-state index is 0.117. The fourth-order valence-electron chi connectivity index (χ4n) is 3.51. The summed E-state index contributed by atoms with van der Waals surface area (Å²) in [6, 6.07) is 5.76. The molecule has 7 nitrogen and oxygen atoms in total. The van der Waals surface area contributed by atoms with Crippen molar-refractivity contribution in [3.63, 3.8) is 0 Å². The molecule has 1 atom stereocenters. The molecule has 0 spiro atoms. The topological polar surface area (TPSA) is 74.5 Å². The van der Waals surface area contributed by atoms with Gasteiger partial charge in [0.1, 0.15) is 5.82 Å². The second-order valence-corrected chi connectivity index (χ2v) is 6.90. The van der Waals surface area contributed by atoms with Crippen LogP contribution < -0.4 is 4.90 Å². The van der Waals surface area contributed by atoms with Gasteiger partial charge in [-0.3, -0.25) is 9.48 Å². The van der Waals surface area contributed by atoms with E-state index in [4.69, 9.17) is 0 Å². The molecule has 1 N–H and O–H groups in total. The van der Waals surface area contributed by atoms with E-state index in [0.29, 0.717) is 24.2 Å². The number of aryl methyl sites for hydroxylation is 2. The number of carbonyl (C=O) groups is 1. The van der Waals surface area contributed by atoms with E-state index >= 15 is 0 Å². The third-order valence-corrected chi connectivity index (χ3v) is 4.65. The number of anilines is 1. The summed E-state index contributed by atoms with van der Waals surface area (Å²) in [7, 11) is 3.52. The van der Waals surface area contributed by atoms with Crippen LogP contribution in [0.5, 0.6) is 0 Å².